The number of oxime groups is 1. The molecule has 4 aromatic carbocycles. The molecule has 0 N–H and O–H groups in total. The van der Waals surface area contributed by atoms with E-state index in [9.17, 15) is 4.79 Å². The van der Waals surface area contributed by atoms with E-state index in [1.165, 1.54) is 29.2 Å². The van der Waals surface area contributed by atoms with E-state index in [0.29, 0.717) is 0 Å². The van der Waals surface area contributed by atoms with Gasteiger partial charge in [0.25, 0.3) is 0 Å². The van der Waals surface area contributed by atoms with Crippen LogP contribution >= 0.6 is 0 Å². The number of hydrogen-bond donors (Lipinski definition) is 0. The molecule has 1 aliphatic rings. The van der Waals surface area contributed by atoms with Crippen LogP contribution in [0, 0.1) is 0 Å². The second kappa shape index (κ2) is 8.64. The van der Waals surface area contributed by atoms with Crippen LogP contribution in [-0.2, 0) is 9.63 Å². The number of carbonyl (C=O) groups excluding carboxylic acids is 1. The average Bonchev–Trinajstić information content (AvgIpc) is 3.17. The molecule has 3 nitrogen and oxygen atoms in total. The Morgan fingerprint density at radius 3 is 1.59 bits per heavy atom. The highest BCUT2D eigenvalue weighted by Gasteiger charge is 2.37. The average molecular weight is 418 g/mol. The van der Waals surface area contributed by atoms with Crippen molar-refractivity contribution < 1.29 is 9.63 Å². The Morgan fingerprint density at radius 2 is 1.12 bits per heavy atom. The van der Waals surface area contributed by atoms with Gasteiger partial charge < -0.3 is 4.84 Å². The molecule has 0 saturated heterocycles. The Morgan fingerprint density at radius 1 is 0.688 bits per heavy atom. The summed E-state index contributed by atoms with van der Waals surface area (Å²) in [5, 5.41) is 4.52. The van der Waals surface area contributed by atoms with Crippen molar-refractivity contribution in [2.45, 2.75) is 18.8 Å². The molecular weight excluding hydrogens is 394 g/mol. The van der Waals surface area contributed by atoms with Gasteiger partial charge in [-0.3, -0.25) is 0 Å². The molecule has 0 radical (unpaired) electrons. The van der Waals surface area contributed by atoms with Gasteiger partial charge in [0, 0.05) is 6.92 Å². The zero-order chi connectivity index (χ0) is 21.9. The molecule has 156 valence electrons. The first-order chi connectivity index (χ1) is 15.7. The molecule has 4 aromatic rings. The number of benzene rings is 4. The molecule has 0 amide bonds. The standard InChI is InChI=1S/C29H23NO2/c1-20(31)32-30-29(27(21-12-4-2-5-13-21)22-14-6-3-7-15-22)28-25-18-10-8-16-23(25)24-17-9-11-19-26(24)28/h2-19,27-28H,1H3. The minimum atomic E-state index is -0.429. The van der Waals surface area contributed by atoms with Crippen molar-refractivity contribution in [3.63, 3.8) is 0 Å². The summed E-state index contributed by atoms with van der Waals surface area (Å²) in [5.74, 6) is -0.713. The fraction of sp³-hybridized carbons (Fsp3) is 0.103. The van der Waals surface area contributed by atoms with Gasteiger partial charge in [0.15, 0.2) is 0 Å². The van der Waals surface area contributed by atoms with Gasteiger partial charge in [-0.15, -0.1) is 0 Å². The maximum absolute atomic E-state index is 11.8. The van der Waals surface area contributed by atoms with Gasteiger partial charge in [0.2, 0.25) is 0 Å². The lowest BCUT2D eigenvalue weighted by atomic mass is 9.78. The minimum absolute atomic E-state index is 0.118. The summed E-state index contributed by atoms with van der Waals surface area (Å²) < 4.78 is 0. The van der Waals surface area contributed by atoms with Gasteiger partial charge in [-0.1, -0.05) is 114 Å². The van der Waals surface area contributed by atoms with Gasteiger partial charge in [-0.2, -0.15) is 0 Å². The molecule has 0 spiro atoms. The summed E-state index contributed by atoms with van der Waals surface area (Å²) in [4.78, 5) is 17.1. The first-order valence-corrected chi connectivity index (χ1v) is 10.8. The molecule has 0 unspecified atom stereocenters. The van der Waals surface area contributed by atoms with Crippen LogP contribution in [0.5, 0.6) is 0 Å². The number of nitrogens with zero attached hydrogens (tertiary/aromatic N) is 1. The zero-order valence-electron chi connectivity index (χ0n) is 17.8. The molecule has 0 aromatic heterocycles. The van der Waals surface area contributed by atoms with E-state index in [2.05, 4.69) is 78.0 Å². The lowest BCUT2D eigenvalue weighted by Gasteiger charge is -2.25. The SMILES string of the molecule is CC(=O)ON=C(C(c1ccccc1)c1ccccc1)C1c2ccccc2-c2ccccc21. The van der Waals surface area contributed by atoms with Gasteiger partial charge in [0.05, 0.1) is 17.5 Å². The molecular formula is C29H23NO2. The molecule has 0 fully saturated rings. The van der Waals surface area contributed by atoms with Crippen LogP contribution in [0.3, 0.4) is 0 Å². The summed E-state index contributed by atoms with van der Waals surface area (Å²) in [6, 6.07) is 37.4. The largest absolute Gasteiger partial charge is 0.331 e. The van der Waals surface area contributed by atoms with Crippen LogP contribution in [0.4, 0.5) is 0 Å². The summed E-state index contributed by atoms with van der Waals surface area (Å²) in [6.45, 7) is 1.39. The molecule has 0 atom stereocenters. The Hall–Kier alpha value is -3.98. The molecule has 0 aliphatic heterocycles. The molecule has 32 heavy (non-hydrogen) atoms. The smallest absolute Gasteiger partial charge is 0.319 e. The molecule has 0 heterocycles. The Kier molecular flexibility index (Phi) is 5.39. The third-order valence-electron chi connectivity index (χ3n) is 5.97. The van der Waals surface area contributed by atoms with Crippen LogP contribution in [0.1, 0.15) is 41.0 Å². The van der Waals surface area contributed by atoms with E-state index in [1.807, 2.05) is 36.4 Å². The highest BCUT2D eigenvalue weighted by molar-refractivity contribution is 6.05. The van der Waals surface area contributed by atoms with Crippen LogP contribution in [0.2, 0.25) is 0 Å². The summed E-state index contributed by atoms with van der Waals surface area (Å²) in [5.41, 5.74) is 7.76. The monoisotopic (exact) mass is 417 g/mol. The van der Waals surface area contributed by atoms with Crippen molar-refractivity contribution in [1.82, 2.24) is 0 Å². The van der Waals surface area contributed by atoms with E-state index in [4.69, 9.17) is 4.84 Å². The van der Waals surface area contributed by atoms with E-state index < -0.39 is 5.97 Å². The first kappa shape index (κ1) is 20.0. The van der Waals surface area contributed by atoms with Gasteiger partial charge in [0.1, 0.15) is 0 Å². The summed E-state index contributed by atoms with van der Waals surface area (Å²) >= 11 is 0. The second-order valence-electron chi connectivity index (χ2n) is 7.96. The lowest BCUT2D eigenvalue weighted by molar-refractivity contribution is -0.141. The highest BCUT2D eigenvalue weighted by Crippen LogP contribution is 2.48. The Balaban J connectivity index is 1.76. The van der Waals surface area contributed by atoms with Crippen LogP contribution in [-0.4, -0.2) is 11.7 Å². The predicted octanol–water partition coefficient (Wildman–Crippen LogP) is 6.55. The topological polar surface area (TPSA) is 38.7 Å². The maximum atomic E-state index is 11.8. The third-order valence-corrected chi connectivity index (χ3v) is 5.97. The van der Waals surface area contributed by atoms with Gasteiger partial charge in [-0.25, -0.2) is 4.79 Å². The van der Waals surface area contributed by atoms with Gasteiger partial charge >= 0.3 is 5.97 Å². The van der Waals surface area contributed by atoms with E-state index >= 15 is 0 Å². The Labute approximate surface area is 188 Å². The van der Waals surface area contributed by atoms with Crippen molar-refractivity contribution >= 4 is 11.7 Å². The van der Waals surface area contributed by atoms with Crippen LogP contribution < -0.4 is 0 Å². The molecule has 0 saturated carbocycles. The van der Waals surface area contributed by atoms with Crippen LogP contribution in [0.15, 0.2) is 114 Å². The fourth-order valence-electron chi connectivity index (χ4n) is 4.69. The molecule has 1 aliphatic carbocycles. The molecule has 5 rings (SSSR count). The second-order valence-corrected chi connectivity index (χ2v) is 7.96. The van der Waals surface area contributed by atoms with E-state index in [1.54, 1.807) is 0 Å². The third kappa shape index (κ3) is 3.63. The van der Waals surface area contributed by atoms with Crippen molar-refractivity contribution in [3.8, 4) is 11.1 Å². The number of rotatable bonds is 5. The van der Waals surface area contributed by atoms with Crippen molar-refractivity contribution in [2.75, 3.05) is 0 Å². The van der Waals surface area contributed by atoms with E-state index in [-0.39, 0.29) is 11.8 Å². The summed E-state index contributed by atoms with van der Waals surface area (Å²) in [7, 11) is 0. The predicted molar refractivity (Wildman–Crippen MR) is 128 cm³/mol. The Bertz CT molecular complexity index is 1190. The maximum Gasteiger partial charge on any atom is 0.331 e. The zero-order valence-corrected chi connectivity index (χ0v) is 17.8. The van der Waals surface area contributed by atoms with Crippen molar-refractivity contribution in [2.24, 2.45) is 5.16 Å². The molecule has 0 bridgehead atoms. The normalized spacial score (nSPS) is 13.0. The number of carbonyl (C=O) groups is 1. The van der Waals surface area contributed by atoms with Crippen molar-refractivity contribution in [1.29, 1.82) is 0 Å². The molecule has 3 heteroatoms. The van der Waals surface area contributed by atoms with Crippen molar-refractivity contribution in [3.05, 3.63) is 131 Å². The summed E-state index contributed by atoms with van der Waals surface area (Å²) in [6.07, 6.45) is 0. The van der Waals surface area contributed by atoms with Gasteiger partial charge in [-0.05, 0) is 33.4 Å². The quantitative estimate of drug-likeness (QED) is 0.210. The van der Waals surface area contributed by atoms with E-state index in [0.717, 1.165) is 16.8 Å². The van der Waals surface area contributed by atoms with Crippen LogP contribution in [0.25, 0.3) is 11.1 Å². The lowest BCUT2D eigenvalue weighted by Crippen LogP contribution is -2.23. The minimum Gasteiger partial charge on any atom is -0.319 e. The highest BCUT2D eigenvalue weighted by atomic mass is 16.7. The number of fused-ring (bicyclic) bond motifs is 3. The fourth-order valence-corrected chi connectivity index (χ4v) is 4.69. The number of hydrogen-bond acceptors (Lipinski definition) is 3. The first-order valence-electron chi connectivity index (χ1n) is 10.8.